The van der Waals surface area contributed by atoms with Gasteiger partial charge in [0.15, 0.2) is 11.5 Å². The van der Waals surface area contributed by atoms with Gasteiger partial charge < -0.3 is 9.47 Å². The van der Waals surface area contributed by atoms with Crippen LogP contribution < -0.4 is 9.47 Å². The number of hydrogen-bond acceptors (Lipinski definition) is 3. The SMILES string of the molecule is COc1cc(C)c(/C=C(/C#N)c2ccc(Cl)cc2)cc1OC. The molecular weight excluding hydrogens is 298 g/mol. The lowest BCUT2D eigenvalue weighted by Gasteiger charge is -2.11. The molecule has 0 heterocycles. The highest BCUT2D eigenvalue weighted by atomic mass is 35.5. The second-order valence-electron chi connectivity index (χ2n) is 4.74. The fourth-order valence-electron chi connectivity index (χ4n) is 2.12. The zero-order valence-electron chi connectivity index (χ0n) is 12.7. The summed E-state index contributed by atoms with van der Waals surface area (Å²) < 4.78 is 10.6. The average molecular weight is 314 g/mol. The fraction of sp³-hybridized carbons (Fsp3) is 0.167. The molecule has 0 atom stereocenters. The van der Waals surface area contributed by atoms with Gasteiger partial charge in [-0.3, -0.25) is 0 Å². The van der Waals surface area contributed by atoms with E-state index < -0.39 is 0 Å². The molecule has 0 N–H and O–H groups in total. The summed E-state index contributed by atoms with van der Waals surface area (Å²) in [7, 11) is 3.19. The number of ether oxygens (including phenoxy) is 2. The van der Waals surface area contributed by atoms with Crippen molar-refractivity contribution in [2.24, 2.45) is 0 Å². The normalized spacial score (nSPS) is 11.0. The van der Waals surface area contributed by atoms with Gasteiger partial charge in [0.05, 0.1) is 25.9 Å². The van der Waals surface area contributed by atoms with Crippen LogP contribution in [-0.4, -0.2) is 14.2 Å². The highest BCUT2D eigenvalue weighted by Crippen LogP contribution is 2.32. The van der Waals surface area contributed by atoms with Crippen molar-refractivity contribution in [2.75, 3.05) is 14.2 Å². The molecule has 0 saturated carbocycles. The monoisotopic (exact) mass is 313 g/mol. The Bertz CT molecular complexity index is 743. The largest absolute Gasteiger partial charge is 0.493 e. The van der Waals surface area contributed by atoms with Crippen LogP contribution in [0, 0.1) is 18.3 Å². The summed E-state index contributed by atoms with van der Waals surface area (Å²) >= 11 is 5.89. The first-order valence-electron chi connectivity index (χ1n) is 6.69. The standard InChI is InChI=1S/C18H16ClNO2/c1-12-8-17(21-2)18(22-3)10-14(12)9-15(11-20)13-4-6-16(19)7-5-13/h4-10H,1-3H3/b15-9-. The predicted molar refractivity (Wildman–Crippen MR) is 89.2 cm³/mol. The average Bonchev–Trinajstić information content (AvgIpc) is 2.54. The number of nitriles is 1. The number of hydrogen-bond donors (Lipinski definition) is 0. The van der Waals surface area contributed by atoms with E-state index in [1.165, 1.54) is 0 Å². The van der Waals surface area contributed by atoms with Crippen molar-refractivity contribution < 1.29 is 9.47 Å². The van der Waals surface area contributed by atoms with Crippen LogP contribution in [0.1, 0.15) is 16.7 Å². The van der Waals surface area contributed by atoms with Crippen molar-refractivity contribution in [3.63, 3.8) is 0 Å². The first-order valence-corrected chi connectivity index (χ1v) is 7.07. The molecule has 22 heavy (non-hydrogen) atoms. The number of nitrogens with zero attached hydrogens (tertiary/aromatic N) is 1. The lowest BCUT2D eigenvalue weighted by molar-refractivity contribution is 0.354. The lowest BCUT2D eigenvalue weighted by atomic mass is 10.0. The van der Waals surface area contributed by atoms with Crippen LogP contribution in [0.3, 0.4) is 0 Å². The Morgan fingerprint density at radius 1 is 1.09 bits per heavy atom. The van der Waals surface area contributed by atoms with Crippen LogP contribution in [0.25, 0.3) is 11.6 Å². The van der Waals surface area contributed by atoms with Gasteiger partial charge in [-0.15, -0.1) is 0 Å². The van der Waals surface area contributed by atoms with Crippen LogP contribution in [0.15, 0.2) is 36.4 Å². The van der Waals surface area contributed by atoms with Gasteiger partial charge in [-0.2, -0.15) is 5.26 Å². The quantitative estimate of drug-likeness (QED) is 0.605. The maximum Gasteiger partial charge on any atom is 0.161 e. The van der Waals surface area contributed by atoms with Crippen molar-refractivity contribution in [3.8, 4) is 17.6 Å². The number of allylic oxidation sites excluding steroid dienone is 1. The highest BCUT2D eigenvalue weighted by Gasteiger charge is 2.09. The van der Waals surface area contributed by atoms with E-state index in [2.05, 4.69) is 6.07 Å². The smallest absolute Gasteiger partial charge is 0.161 e. The molecule has 0 aliphatic rings. The van der Waals surface area contributed by atoms with E-state index in [0.29, 0.717) is 22.1 Å². The molecule has 0 unspecified atom stereocenters. The molecule has 0 fully saturated rings. The molecule has 0 spiro atoms. The second-order valence-corrected chi connectivity index (χ2v) is 5.18. The maximum absolute atomic E-state index is 9.42. The minimum absolute atomic E-state index is 0.562. The van der Waals surface area contributed by atoms with Crippen molar-refractivity contribution in [1.29, 1.82) is 5.26 Å². The zero-order chi connectivity index (χ0) is 16.1. The van der Waals surface area contributed by atoms with E-state index in [1.807, 2.05) is 37.3 Å². The molecule has 4 heteroatoms. The van der Waals surface area contributed by atoms with Gasteiger partial charge in [-0.1, -0.05) is 23.7 Å². The van der Waals surface area contributed by atoms with E-state index in [4.69, 9.17) is 21.1 Å². The van der Waals surface area contributed by atoms with Crippen molar-refractivity contribution in [1.82, 2.24) is 0 Å². The number of halogens is 1. The van der Waals surface area contributed by atoms with E-state index >= 15 is 0 Å². The van der Waals surface area contributed by atoms with Gasteiger partial charge in [0.2, 0.25) is 0 Å². The fourth-order valence-corrected chi connectivity index (χ4v) is 2.24. The van der Waals surface area contributed by atoms with Crippen LogP contribution >= 0.6 is 11.6 Å². The van der Waals surface area contributed by atoms with E-state index in [0.717, 1.165) is 16.7 Å². The van der Waals surface area contributed by atoms with Crippen molar-refractivity contribution in [3.05, 3.63) is 58.1 Å². The summed E-state index contributed by atoms with van der Waals surface area (Å²) in [6.45, 7) is 1.96. The summed E-state index contributed by atoms with van der Waals surface area (Å²) in [5, 5.41) is 10.1. The number of rotatable bonds is 4. The van der Waals surface area contributed by atoms with Crippen LogP contribution in [0.2, 0.25) is 5.02 Å². The molecule has 2 aromatic carbocycles. The molecule has 0 aliphatic carbocycles. The van der Waals surface area contributed by atoms with E-state index in [9.17, 15) is 5.26 Å². The molecule has 2 rings (SSSR count). The van der Waals surface area contributed by atoms with Crippen LogP contribution in [0.5, 0.6) is 11.5 Å². The maximum atomic E-state index is 9.42. The van der Waals surface area contributed by atoms with Gasteiger partial charge in [-0.05, 0) is 54.0 Å². The Hall–Kier alpha value is -2.44. The summed E-state index contributed by atoms with van der Waals surface area (Å²) in [6.07, 6.45) is 1.83. The number of methoxy groups -OCH3 is 2. The van der Waals surface area contributed by atoms with Gasteiger partial charge in [0.25, 0.3) is 0 Å². The van der Waals surface area contributed by atoms with E-state index in [-0.39, 0.29) is 0 Å². The molecular formula is C18H16ClNO2. The Labute approximate surface area is 135 Å². The van der Waals surface area contributed by atoms with Crippen molar-refractivity contribution in [2.45, 2.75) is 6.92 Å². The summed E-state index contributed by atoms with van der Waals surface area (Å²) in [5.41, 5.74) is 3.29. The Balaban J connectivity index is 2.50. The molecule has 2 aromatic rings. The molecule has 0 aliphatic heterocycles. The van der Waals surface area contributed by atoms with Gasteiger partial charge in [-0.25, -0.2) is 0 Å². The van der Waals surface area contributed by atoms with Crippen LogP contribution in [0.4, 0.5) is 0 Å². The van der Waals surface area contributed by atoms with Gasteiger partial charge >= 0.3 is 0 Å². The Morgan fingerprint density at radius 3 is 2.23 bits per heavy atom. The van der Waals surface area contributed by atoms with E-state index in [1.54, 1.807) is 26.4 Å². The summed E-state index contributed by atoms with van der Waals surface area (Å²) in [6, 6.07) is 13.2. The first-order chi connectivity index (χ1) is 10.6. The highest BCUT2D eigenvalue weighted by molar-refractivity contribution is 6.30. The third-order valence-electron chi connectivity index (χ3n) is 3.35. The minimum Gasteiger partial charge on any atom is -0.493 e. The predicted octanol–water partition coefficient (Wildman–Crippen LogP) is 4.73. The summed E-state index contributed by atoms with van der Waals surface area (Å²) in [4.78, 5) is 0. The Morgan fingerprint density at radius 2 is 1.68 bits per heavy atom. The molecule has 112 valence electrons. The Kier molecular flexibility index (Phi) is 5.08. The zero-order valence-corrected chi connectivity index (χ0v) is 13.4. The summed E-state index contributed by atoms with van der Waals surface area (Å²) in [5.74, 6) is 1.30. The molecule has 0 saturated heterocycles. The van der Waals surface area contributed by atoms with Crippen molar-refractivity contribution >= 4 is 23.3 Å². The second kappa shape index (κ2) is 7.02. The number of aryl methyl sites for hydroxylation is 1. The third-order valence-corrected chi connectivity index (χ3v) is 3.60. The molecule has 0 radical (unpaired) electrons. The first kappa shape index (κ1) is 15.9. The topological polar surface area (TPSA) is 42.2 Å². The van der Waals surface area contributed by atoms with Gasteiger partial charge in [0, 0.05) is 5.02 Å². The molecule has 0 amide bonds. The molecule has 3 nitrogen and oxygen atoms in total. The minimum atomic E-state index is 0.562. The lowest BCUT2D eigenvalue weighted by Crippen LogP contribution is -1.93. The van der Waals surface area contributed by atoms with Gasteiger partial charge in [0.1, 0.15) is 0 Å². The molecule has 0 bridgehead atoms. The van der Waals surface area contributed by atoms with Crippen LogP contribution in [-0.2, 0) is 0 Å². The molecule has 0 aromatic heterocycles. The number of benzene rings is 2. The third kappa shape index (κ3) is 3.41.